The molecule has 1 aromatic heterocycles. The van der Waals surface area contributed by atoms with E-state index in [0.29, 0.717) is 40.8 Å². The van der Waals surface area contributed by atoms with E-state index >= 15 is 0 Å². The van der Waals surface area contributed by atoms with Gasteiger partial charge in [-0.2, -0.15) is 0 Å². The van der Waals surface area contributed by atoms with Gasteiger partial charge in [-0.3, -0.25) is 19.3 Å². The lowest BCUT2D eigenvalue weighted by Crippen LogP contribution is -2.48. The fraction of sp³-hybridized carbons (Fsp3) is 0.345. The standard InChI is InChI=1S/C29H33N3O6S/c1-19-8-11-21(12-9-19)32(26(33)18-31-28(34)25-7-5-15-39-25)27(29(35)30-17-22-6-4-14-38-22)20-10-13-23(36-2)24(16-20)37-3/h5,7-13,15-16,22,27H,4,6,14,17-18H2,1-3H3,(H,30,35)(H,31,34)/t22-,27-/m1/s1. The minimum atomic E-state index is -1.06. The van der Waals surface area contributed by atoms with Crippen LogP contribution in [0.25, 0.3) is 0 Å². The van der Waals surface area contributed by atoms with Crippen molar-refractivity contribution < 1.29 is 28.6 Å². The number of methoxy groups -OCH3 is 2. The van der Waals surface area contributed by atoms with E-state index in [4.69, 9.17) is 14.2 Å². The first-order chi connectivity index (χ1) is 18.9. The number of aryl methyl sites for hydroxylation is 1. The highest BCUT2D eigenvalue weighted by Gasteiger charge is 2.34. The summed E-state index contributed by atoms with van der Waals surface area (Å²) < 4.78 is 16.6. The topological polar surface area (TPSA) is 106 Å². The minimum Gasteiger partial charge on any atom is -0.493 e. The number of thiophene rings is 1. The SMILES string of the molecule is COc1ccc([C@H](C(=O)NC[C@H]2CCCO2)N(C(=O)CNC(=O)c2cccs2)c2ccc(C)cc2)cc1OC. The van der Waals surface area contributed by atoms with E-state index < -0.39 is 11.9 Å². The highest BCUT2D eigenvalue weighted by molar-refractivity contribution is 7.12. The number of benzene rings is 2. The molecule has 0 bridgehead atoms. The van der Waals surface area contributed by atoms with Crippen LogP contribution in [0.15, 0.2) is 60.0 Å². The largest absolute Gasteiger partial charge is 0.493 e. The Morgan fingerprint density at radius 2 is 1.82 bits per heavy atom. The van der Waals surface area contributed by atoms with Gasteiger partial charge >= 0.3 is 0 Å². The lowest BCUT2D eigenvalue weighted by Gasteiger charge is -2.32. The summed E-state index contributed by atoms with van der Waals surface area (Å²) >= 11 is 1.28. The van der Waals surface area contributed by atoms with Crippen LogP contribution in [0.3, 0.4) is 0 Å². The molecule has 1 aliphatic rings. The second-order valence-corrected chi connectivity index (χ2v) is 10.1. The molecule has 0 radical (unpaired) electrons. The second kappa shape index (κ2) is 13.3. The Balaban J connectivity index is 1.70. The fourth-order valence-electron chi connectivity index (χ4n) is 4.44. The van der Waals surface area contributed by atoms with E-state index in [1.165, 1.54) is 30.5 Å². The molecular weight excluding hydrogens is 518 g/mol. The number of ether oxygens (including phenoxy) is 3. The predicted molar refractivity (Wildman–Crippen MR) is 150 cm³/mol. The number of amides is 3. The Morgan fingerprint density at radius 3 is 2.46 bits per heavy atom. The lowest BCUT2D eigenvalue weighted by molar-refractivity contribution is -0.126. The summed E-state index contributed by atoms with van der Waals surface area (Å²) in [5, 5.41) is 7.46. The van der Waals surface area contributed by atoms with Crippen molar-refractivity contribution in [2.24, 2.45) is 0 Å². The van der Waals surface area contributed by atoms with Crippen LogP contribution in [-0.2, 0) is 14.3 Å². The number of hydrogen-bond acceptors (Lipinski definition) is 7. The van der Waals surface area contributed by atoms with E-state index in [-0.39, 0.29) is 24.5 Å². The summed E-state index contributed by atoms with van der Waals surface area (Å²) in [6, 6.07) is 14.8. The first-order valence-electron chi connectivity index (χ1n) is 12.7. The van der Waals surface area contributed by atoms with Crippen molar-refractivity contribution in [3.8, 4) is 11.5 Å². The quantitative estimate of drug-likeness (QED) is 0.375. The van der Waals surface area contributed by atoms with E-state index in [1.807, 2.05) is 19.1 Å². The molecule has 1 aliphatic heterocycles. The minimum absolute atomic E-state index is 0.0754. The zero-order valence-electron chi connectivity index (χ0n) is 22.3. The molecule has 0 saturated carbocycles. The molecule has 9 nitrogen and oxygen atoms in total. The third-order valence-electron chi connectivity index (χ3n) is 6.48. The molecule has 2 atom stereocenters. The lowest BCUT2D eigenvalue weighted by atomic mass is 10.0. The molecule has 3 aromatic rings. The molecular formula is C29H33N3O6S. The second-order valence-electron chi connectivity index (χ2n) is 9.16. The first kappa shape index (κ1) is 28.1. The highest BCUT2D eigenvalue weighted by Crippen LogP contribution is 2.34. The van der Waals surface area contributed by atoms with Crippen molar-refractivity contribution in [1.29, 1.82) is 0 Å². The van der Waals surface area contributed by atoms with Gasteiger partial charge in [0.2, 0.25) is 11.8 Å². The van der Waals surface area contributed by atoms with Crippen molar-refractivity contribution in [3.63, 3.8) is 0 Å². The molecule has 3 amide bonds. The zero-order valence-corrected chi connectivity index (χ0v) is 23.1. The Morgan fingerprint density at radius 1 is 1.05 bits per heavy atom. The average Bonchev–Trinajstić information content (AvgIpc) is 3.68. The summed E-state index contributed by atoms with van der Waals surface area (Å²) in [6.07, 6.45) is 1.72. The summed E-state index contributed by atoms with van der Waals surface area (Å²) in [6.45, 7) is 2.63. The number of anilines is 1. The van der Waals surface area contributed by atoms with Crippen LogP contribution in [0.2, 0.25) is 0 Å². The maximum absolute atomic E-state index is 13.8. The molecule has 4 rings (SSSR count). The van der Waals surface area contributed by atoms with Crippen molar-refractivity contribution >= 4 is 34.7 Å². The predicted octanol–water partition coefficient (Wildman–Crippen LogP) is 3.87. The molecule has 0 aliphatic carbocycles. The number of nitrogens with one attached hydrogen (secondary N) is 2. The van der Waals surface area contributed by atoms with Crippen molar-refractivity contribution in [2.75, 3.05) is 38.8 Å². The molecule has 1 fully saturated rings. The van der Waals surface area contributed by atoms with Gasteiger partial charge in [0.15, 0.2) is 11.5 Å². The summed E-state index contributed by atoms with van der Waals surface area (Å²) in [5.74, 6) is -0.259. The smallest absolute Gasteiger partial charge is 0.261 e. The molecule has 10 heteroatoms. The third-order valence-corrected chi connectivity index (χ3v) is 7.35. The van der Waals surface area contributed by atoms with Gasteiger partial charge in [-0.25, -0.2) is 0 Å². The molecule has 2 heterocycles. The van der Waals surface area contributed by atoms with Gasteiger partial charge in [0.25, 0.3) is 5.91 Å². The van der Waals surface area contributed by atoms with Crippen LogP contribution >= 0.6 is 11.3 Å². The molecule has 2 aromatic carbocycles. The third kappa shape index (κ3) is 6.96. The molecule has 1 saturated heterocycles. The molecule has 0 unspecified atom stereocenters. The van der Waals surface area contributed by atoms with Gasteiger partial charge in [-0.05, 0) is 61.0 Å². The zero-order chi connectivity index (χ0) is 27.8. The Bertz CT molecular complexity index is 1270. The maximum Gasteiger partial charge on any atom is 0.261 e. The van der Waals surface area contributed by atoms with Gasteiger partial charge in [0.1, 0.15) is 6.04 Å². The highest BCUT2D eigenvalue weighted by atomic mass is 32.1. The summed E-state index contributed by atoms with van der Waals surface area (Å²) in [7, 11) is 3.04. The number of hydrogen-bond donors (Lipinski definition) is 2. The first-order valence-corrected chi connectivity index (χ1v) is 13.6. The van der Waals surface area contributed by atoms with Crippen molar-refractivity contribution in [3.05, 3.63) is 76.0 Å². The molecule has 0 spiro atoms. The molecule has 39 heavy (non-hydrogen) atoms. The van der Waals surface area contributed by atoms with Gasteiger partial charge in [0.05, 0.1) is 31.7 Å². The number of carbonyl (C=O) groups excluding carboxylic acids is 3. The summed E-state index contributed by atoms with van der Waals surface area (Å²) in [4.78, 5) is 42.2. The normalized spacial score (nSPS) is 15.3. The molecule has 206 valence electrons. The van der Waals surface area contributed by atoms with Crippen LogP contribution in [0.1, 0.15) is 39.7 Å². The van der Waals surface area contributed by atoms with Crippen molar-refractivity contribution in [2.45, 2.75) is 31.9 Å². The number of rotatable bonds is 11. The van der Waals surface area contributed by atoms with Gasteiger partial charge < -0.3 is 24.8 Å². The monoisotopic (exact) mass is 551 g/mol. The Labute approximate surface area is 232 Å². The van der Waals surface area contributed by atoms with Crippen LogP contribution in [0.5, 0.6) is 11.5 Å². The Hall–Kier alpha value is -3.89. The molecule has 2 N–H and O–H groups in total. The number of carbonyl (C=O) groups is 3. The van der Waals surface area contributed by atoms with Crippen LogP contribution in [0.4, 0.5) is 5.69 Å². The van der Waals surface area contributed by atoms with Gasteiger partial charge in [-0.15, -0.1) is 11.3 Å². The van der Waals surface area contributed by atoms with Gasteiger partial charge in [-0.1, -0.05) is 29.8 Å². The Kier molecular flexibility index (Phi) is 9.56. The summed E-state index contributed by atoms with van der Waals surface area (Å²) in [5.41, 5.74) is 2.04. The number of nitrogens with zero attached hydrogens (tertiary/aromatic N) is 1. The van der Waals surface area contributed by atoms with E-state index in [9.17, 15) is 14.4 Å². The average molecular weight is 552 g/mol. The van der Waals surface area contributed by atoms with E-state index in [1.54, 1.807) is 47.8 Å². The van der Waals surface area contributed by atoms with Gasteiger partial charge in [0, 0.05) is 18.8 Å². The van der Waals surface area contributed by atoms with E-state index in [0.717, 1.165) is 18.4 Å². The maximum atomic E-state index is 13.8. The van der Waals surface area contributed by atoms with E-state index in [2.05, 4.69) is 10.6 Å². The van der Waals surface area contributed by atoms with Crippen LogP contribution in [0, 0.1) is 6.92 Å². The fourth-order valence-corrected chi connectivity index (χ4v) is 5.08. The van der Waals surface area contributed by atoms with Crippen LogP contribution in [-0.4, -0.2) is 57.7 Å². The van der Waals surface area contributed by atoms with Crippen LogP contribution < -0.4 is 25.0 Å². The van der Waals surface area contributed by atoms with Crippen molar-refractivity contribution in [1.82, 2.24) is 10.6 Å².